The van der Waals surface area contributed by atoms with E-state index >= 15 is 0 Å². The van der Waals surface area contributed by atoms with E-state index in [1.54, 1.807) is 18.2 Å². The molecule has 0 saturated carbocycles. The van der Waals surface area contributed by atoms with E-state index in [4.69, 9.17) is 34.8 Å². The number of anilines is 1. The van der Waals surface area contributed by atoms with Crippen molar-refractivity contribution in [3.8, 4) is 0 Å². The molecule has 122 valence electrons. The summed E-state index contributed by atoms with van der Waals surface area (Å²) in [5.74, 6) is -0.130. The minimum atomic E-state index is -0.282. The van der Waals surface area contributed by atoms with Crippen LogP contribution in [0.15, 0.2) is 42.5 Å². The fraction of sp³-hybridized carbons (Fsp3) is 0.235. The highest BCUT2D eigenvalue weighted by molar-refractivity contribution is 6.35. The van der Waals surface area contributed by atoms with Gasteiger partial charge in [-0.1, -0.05) is 46.9 Å². The third-order valence-electron chi connectivity index (χ3n) is 3.57. The summed E-state index contributed by atoms with van der Waals surface area (Å²) in [7, 11) is 0. The van der Waals surface area contributed by atoms with Gasteiger partial charge < -0.3 is 10.6 Å². The lowest BCUT2D eigenvalue weighted by molar-refractivity contribution is -0.709. The highest BCUT2D eigenvalue weighted by Gasteiger charge is 2.21. The minimum Gasteiger partial charge on any atom is -0.330 e. The van der Waals surface area contributed by atoms with E-state index in [1.165, 1.54) is 0 Å². The Hall–Kier alpha value is -1.26. The predicted molar refractivity (Wildman–Crippen MR) is 96.3 cm³/mol. The van der Waals surface area contributed by atoms with Crippen molar-refractivity contribution in [3.05, 3.63) is 63.1 Å². The van der Waals surface area contributed by atoms with Crippen LogP contribution < -0.4 is 10.6 Å². The number of hydrogen-bond acceptors (Lipinski definition) is 1. The second-order valence-electron chi connectivity index (χ2n) is 5.43. The van der Waals surface area contributed by atoms with Crippen molar-refractivity contribution in [1.29, 1.82) is 0 Å². The highest BCUT2D eigenvalue weighted by Crippen LogP contribution is 2.25. The lowest BCUT2D eigenvalue weighted by Crippen LogP contribution is -2.91. The zero-order chi connectivity index (χ0) is 17.0. The molecule has 6 heteroatoms. The maximum atomic E-state index is 12.3. The van der Waals surface area contributed by atoms with Crippen LogP contribution in [0.5, 0.6) is 0 Å². The molecule has 2 atom stereocenters. The third kappa shape index (κ3) is 5.11. The molecule has 0 aromatic heterocycles. The van der Waals surface area contributed by atoms with Gasteiger partial charge in [0, 0.05) is 15.6 Å². The Kier molecular flexibility index (Phi) is 6.31. The zero-order valence-electron chi connectivity index (χ0n) is 12.8. The van der Waals surface area contributed by atoms with Gasteiger partial charge in [0.15, 0.2) is 6.04 Å². The molecule has 0 heterocycles. The van der Waals surface area contributed by atoms with Crippen molar-refractivity contribution >= 4 is 46.4 Å². The minimum absolute atomic E-state index is 0.128. The molecule has 0 radical (unpaired) electrons. The first kappa shape index (κ1) is 18.1. The quantitative estimate of drug-likeness (QED) is 0.807. The summed E-state index contributed by atoms with van der Waals surface area (Å²) in [5, 5.41) is 6.47. The number of nitrogens with two attached hydrogens (primary N) is 1. The number of benzene rings is 2. The molecule has 0 aliphatic heterocycles. The summed E-state index contributed by atoms with van der Waals surface area (Å²) in [6.45, 7) is 3.89. The van der Waals surface area contributed by atoms with E-state index in [9.17, 15) is 4.79 Å². The van der Waals surface area contributed by atoms with E-state index < -0.39 is 0 Å². The van der Waals surface area contributed by atoms with Crippen LogP contribution >= 0.6 is 34.8 Å². The van der Waals surface area contributed by atoms with Crippen LogP contribution in [0.3, 0.4) is 0 Å². The van der Waals surface area contributed by atoms with Crippen molar-refractivity contribution in [1.82, 2.24) is 0 Å². The summed E-state index contributed by atoms with van der Waals surface area (Å²) >= 11 is 17.9. The number of amides is 1. The lowest BCUT2D eigenvalue weighted by Gasteiger charge is -2.17. The Balaban J connectivity index is 1.99. The highest BCUT2D eigenvalue weighted by atomic mass is 35.5. The van der Waals surface area contributed by atoms with E-state index in [-0.39, 0.29) is 18.0 Å². The lowest BCUT2D eigenvalue weighted by atomic mass is 10.1. The molecule has 0 unspecified atom stereocenters. The molecule has 0 spiro atoms. The first-order valence-electron chi connectivity index (χ1n) is 7.23. The normalized spacial score (nSPS) is 13.4. The van der Waals surface area contributed by atoms with Crippen LogP contribution in [0.1, 0.15) is 25.5 Å². The monoisotopic (exact) mass is 371 g/mol. The molecule has 0 aliphatic rings. The Labute approximate surface area is 150 Å². The van der Waals surface area contributed by atoms with Crippen molar-refractivity contribution in [3.63, 3.8) is 0 Å². The van der Waals surface area contributed by atoms with E-state index in [2.05, 4.69) is 5.32 Å². The van der Waals surface area contributed by atoms with Gasteiger partial charge in [-0.2, -0.15) is 0 Å². The number of carbonyl (C=O) groups excluding carboxylic acids is 1. The zero-order valence-corrected chi connectivity index (χ0v) is 15.1. The molecular weight excluding hydrogens is 355 g/mol. The van der Waals surface area contributed by atoms with E-state index in [0.29, 0.717) is 20.8 Å². The van der Waals surface area contributed by atoms with Crippen LogP contribution in [-0.2, 0) is 4.79 Å². The molecule has 2 rings (SSSR count). The number of quaternary nitrogens is 1. The van der Waals surface area contributed by atoms with Gasteiger partial charge in [-0.3, -0.25) is 4.79 Å². The SMILES string of the molecule is C[C@H]([NH2+][C@H](C)C(=O)Nc1cc(Cl)ccc1Cl)c1ccc(Cl)cc1. The number of rotatable bonds is 5. The molecule has 0 bridgehead atoms. The maximum absolute atomic E-state index is 12.3. The molecule has 0 saturated heterocycles. The Morgan fingerprint density at radius 3 is 2.26 bits per heavy atom. The van der Waals surface area contributed by atoms with Gasteiger partial charge in [0.05, 0.1) is 10.7 Å². The van der Waals surface area contributed by atoms with Gasteiger partial charge in [-0.25, -0.2) is 0 Å². The average molecular weight is 373 g/mol. The first-order chi connectivity index (χ1) is 10.9. The third-order valence-corrected chi connectivity index (χ3v) is 4.39. The fourth-order valence-electron chi connectivity index (χ4n) is 2.24. The second-order valence-corrected chi connectivity index (χ2v) is 6.71. The van der Waals surface area contributed by atoms with E-state index in [1.807, 2.05) is 43.4 Å². The summed E-state index contributed by atoms with van der Waals surface area (Å²) in [4.78, 5) is 12.3. The molecule has 23 heavy (non-hydrogen) atoms. The summed E-state index contributed by atoms with van der Waals surface area (Å²) < 4.78 is 0. The van der Waals surface area contributed by atoms with Crippen molar-refractivity contribution < 1.29 is 10.1 Å². The molecule has 0 aliphatic carbocycles. The Bertz CT molecular complexity index is 689. The molecule has 1 amide bonds. The smallest absolute Gasteiger partial charge is 0.282 e. The first-order valence-corrected chi connectivity index (χ1v) is 8.36. The number of hydrogen-bond donors (Lipinski definition) is 2. The van der Waals surface area contributed by atoms with Gasteiger partial charge in [-0.15, -0.1) is 0 Å². The van der Waals surface area contributed by atoms with Gasteiger partial charge in [0.2, 0.25) is 0 Å². The van der Waals surface area contributed by atoms with Crippen LogP contribution in [0.25, 0.3) is 0 Å². The molecule has 0 fully saturated rings. The van der Waals surface area contributed by atoms with Crippen LogP contribution in [0, 0.1) is 0 Å². The van der Waals surface area contributed by atoms with Gasteiger partial charge >= 0.3 is 0 Å². The van der Waals surface area contributed by atoms with Crippen molar-refractivity contribution in [2.24, 2.45) is 0 Å². The molecule has 3 N–H and O–H groups in total. The van der Waals surface area contributed by atoms with Gasteiger partial charge in [-0.05, 0) is 44.2 Å². The van der Waals surface area contributed by atoms with E-state index in [0.717, 1.165) is 5.56 Å². The molecule has 3 nitrogen and oxygen atoms in total. The fourth-order valence-corrected chi connectivity index (χ4v) is 2.70. The van der Waals surface area contributed by atoms with Crippen molar-refractivity contribution in [2.45, 2.75) is 25.9 Å². The van der Waals surface area contributed by atoms with Crippen LogP contribution in [-0.4, -0.2) is 11.9 Å². The largest absolute Gasteiger partial charge is 0.330 e. The predicted octanol–water partition coefficient (Wildman–Crippen LogP) is 4.30. The van der Waals surface area contributed by atoms with Gasteiger partial charge in [0.25, 0.3) is 5.91 Å². The van der Waals surface area contributed by atoms with Crippen LogP contribution in [0.2, 0.25) is 15.1 Å². The summed E-state index contributed by atoms with van der Waals surface area (Å²) in [6.07, 6.45) is 0. The summed E-state index contributed by atoms with van der Waals surface area (Å²) in [5.41, 5.74) is 1.62. The molecule has 2 aromatic carbocycles. The Morgan fingerprint density at radius 1 is 1.00 bits per heavy atom. The number of halogens is 3. The number of nitrogens with one attached hydrogen (secondary N) is 1. The average Bonchev–Trinajstić information content (AvgIpc) is 2.51. The van der Waals surface area contributed by atoms with Crippen molar-refractivity contribution in [2.75, 3.05) is 5.32 Å². The standard InChI is InChI=1S/C17H17Cl3N2O/c1-10(12-3-5-13(18)6-4-12)21-11(2)17(23)22-16-9-14(19)7-8-15(16)20/h3-11,21H,1-2H3,(H,22,23)/p+1/t10-,11+/m0/s1. The molecular formula is C17H18Cl3N2O+. The molecule has 2 aromatic rings. The second kappa shape index (κ2) is 8.02. The topological polar surface area (TPSA) is 45.7 Å². The maximum Gasteiger partial charge on any atom is 0.282 e. The Morgan fingerprint density at radius 2 is 1.61 bits per heavy atom. The number of carbonyl (C=O) groups is 1. The summed E-state index contributed by atoms with van der Waals surface area (Å²) in [6, 6.07) is 12.4. The van der Waals surface area contributed by atoms with Gasteiger partial charge in [0.1, 0.15) is 6.04 Å². The van der Waals surface area contributed by atoms with Crippen LogP contribution in [0.4, 0.5) is 5.69 Å².